The van der Waals surface area contributed by atoms with Gasteiger partial charge in [0.05, 0.1) is 24.2 Å². The number of carbonyl (C=O) groups excluding carboxylic acids is 1. The third-order valence-corrected chi connectivity index (χ3v) is 4.23. The Hall–Kier alpha value is -0.970. The Balaban J connectivity index is 0.00000264. The number of esters is 1. The van der Waals surface area contributed by atoms with E-state index in [0.29, 0.717) is 18.2 Å². The zero-order valence-corrected chi connectivity index (χ0v) is 15.1. The van der Waals surface area contributed by atoms with E-state index in [9.17, 15) is 4.79 Å². The molecule has 0 aromatic heterocycles. The maximum absolute atomic E-state index is 11.7. The maximum Gasteiger partial charge on any atom is 0.309 e. The van der Waals surface area contributed by atoms with Gasteiger partial charge in [-0.3, -0.25) is 4.79 Å². The van der Waals surface area contributed by atoms with Gasteiger partial charge in [0.15, 0.2) is 0 Å². The van der Waals surface area contributed by atoms with Crippen molar-refractivity contribution in [2.45, 2.75) is 26.2 Å². The van der Waals surface area contributed by atoms with Gasteiger partial charge in [-0.2, -0.15) is 0 Å². The van der Waals surface area contributed by atoms with Gasteiger partial charge in [0.2, 0.25) is 0 Å². The van der Waals surface area contributed by atoms with Gasteiger partial charge >= 0.3 is 5.97 Å². The topological polar surface area (TPSA) is 38.8 Å². The van der Waals surface area contributed by atoms with Crippen molar-refractivity contribution in [1.29, 1.82) is 0 Å². The summed E-state index contributed by atoms with van der Waals surface area (Å²) in [5.74, 6) is 0.782. The number of nitrogens with zero attached hydrogens (tertiary/aromatic N) is 1. The minimum absolute atomic E-state index is 0. The molecular formula is C17H25Cl2NO3. The van der Waals surface area contributed by atoms with Gasteiger partial charge in [-0.1, -0.05) is 23.7 Å². The number of piperidine rings is 1. The van der Waals surface area contributed by atoms with Gasteiger partial charge in [-0.25, -0.2) is 0 Å². The second-order valence-electron chi connectivity index (χ2n) is 5.50. The Labute approximate surface area is 149 Å². The minimum Gasteiger partial charge on any atom is -0.492 e. The van der Waals surface area contributed by atoms with Crippen molar-refractivity contribution in [2.24, 2.45) is 5.92 Å². The number of likely N-dealkylation sites (tertiary alicyclic amines) is 1. The molecule has 0 bridgehead atoms. The highest BCUT2D eigenvalue weighted by atomic mass is 35.5. The Morgan fingerprint density at radius 1 is 1.30 bits per heavy atom. The molecule has 1 heterocycles. The maximum atomic E-state index is 11.7. The van der Waals surface area contributed by atoms with Crippen molar-refractivity contribution in [2.75, 3.05) is 32.8 Å². The van der Waals surface area contributed by atoms with E-state index in [1.54, 1.807) is 0 Å². The van der Waals surface area contributed by atoms with Crippen molar-refractivity contribution in [3.63, 3.8) is 0 Å². The average molecular weight is 362 g/mol. The molecule has 23 heavy (non-hydrogen) atoms. The predicted octanol–water partition coefficient (Wildman–Crippen LogP) is 3.81. The van der Waals surface area contributed by atoms with E-state index < -0.39 is 0 Å². The summed E-state index contributed by atoms with van der Waals surface area (Å²) >= 11 is 6.04. The molecule has 0 aliphatic carbocycles. The van der Waals surface area contributed by atoms with Crippen LogP contribution in [0.25, 0.3) is 0 Å². The summed E-state index contributed by atoms with van der Waals surface area (Å²) in [6, 6.07) is 7.52. The number of carbonyl (C=O) groups is 1. The molecule has 1 aliphatic rings. The summed E-state index contributed by atoms with van der Waals surface area (Å²) in [6.07, 6.45) is 2.74. The molecule has 0 atom stereocenters. The zero-order valence-electron chi connectivity index (χ0n) is 13.5. The van der Waals surface area contributed by atoms with Crippen LogP contribution in [0.5, 0.6) is 5.75 Å². The van der Waals surface area contributed by atoms with Gasteiger partial charge in [-0.15, -0.1) is 12.4 Å². The molecule has 1 saturated heterocycles. The third-order valence-electron chi connectivity index (χ3n) is 3.92. The van der Waals surface area contributed by atoms with Gasteiger partial charge < -0.3 is 14.4 Å². The fourth-order valence-electron chi connectivity index (χ4n) is 2.68. The quantitative estimate of drug-likeness (QED) is 0.546. The summed E-state index contributed by atoms with van der Waals surface area (Å²) < 4.78 is 10.8. The fraction of sp³-hybridized carbons (Fsp3) is 0.588. The lowest BCUT2D eigenvalue weighted by atomic mass is 9.97. The molecule has 4 nitrogen and oxygen atoms in total. The van der Waals surface area contributed by atoms with Crippen molar-refractivity contribution >= 4 is 30.0 Å². The third kappa shape index (κ3) is 6.58. The van der Waals surface area contributed by atoms with Crippen LogP contribution < -0.4 is 4.74 Å². The molecule has 1 aliphatic heterocycles. The van der Waals surface area contributed by atoms with E-state index in [1.165, 1.54) is 0 Å². The first kappa shape index (κ1) is 20.1. The van der Waals surface area contributed by atoms with Crippen molar-refractivity contribution in [3.8, 4) is 5.75 Å². The number of halogens is 2. The first-order valence-corrected chi connectivity index (χ1v) is 8.34. The lowest BCUT2D eigenvalue weighted by molar-refractivity contribution is -0.149. The lowest BCUT2D eigenvalue weighted by Crippen LogP contribution is -2.37. The van der Waals surface area contributed by atoms with Crippen LogP contribution >= 0.6 is 24.0 Å². The SMILES string of the molecule is CCOC(=O)C1CCN(CCCOc2ccccc2Cl)CC1.Cl. The van der Waals surface area contributed by atoms with Crippen LogP contribution in [0, 0.1) is 5.92 Å². The van der Waals surface area contributed by atoms with Gasteiger partial charge in [0, 0.05) is 6.54 Å². The number of rotatable bonds is 7. The van der Waals surface area contributed by atoms with E-state index in [4.69, 9.17) is 21.1 Å². The number of hydrogen-bond donors (Lipinski definition) is 0. The van der Waals surface area contributed by atoms with Crippen LogP contribution in [0.3, 0.4) is 0 Å². The average Bonchev–Trinajstić information content (AvgIpc) is 2.54. The zero-order chi connectivity index (χ0) is 15.8. The van der Waals surface area contributed by atoms with Gasteiger partial charge in [0.25, 0.3) is 0 Å². The molecule has 0 unspecified atom stereocenters. The van der Waals surface area contributed by atoms with Crippen molar-refractivity contribution in [3.05, 3.63) is 29.3 Å². The highest BCUT2D eigenvalue weighted by Crippen LogP contribution is 2.23. The number of hydrogen-bond acceptors (Lipinski definition) is 4. The second kappa shape index (κ2) is 10.7. The van der Waals surface area contributed by atoms with Crippen molar-refractivity contribution in [1.82, 2.24) is 4.90 Å². The fourth-order valence-corrected chi connectivity index (χ4v) is 2.87. The standard InChI is InChI=1S/C17H24ClNO3.ClH/c1-2-21-17(20)14-8-11-19(12-9-14)10-5-13-22-16-7-4-3-6-15(16)18;/h3-4,6-7,14H,2,5,8-13H2,1H3;1H. The first-order chi connectivity index (χ1) is 10.7. The second-order valence-corrected chi connectivity index (χ2v) is 5.91. The highest BCUT2D eigenvalue weighted by Gasteiger charge is 2.25. The first-order valence-electron chi connectivity index (χ1n) is 7.97. The molecule has 130 valence electrons. The van der Waals surface area contributed by atoms with Crippen LogP contribution in [0.15, 0.2) is 24.3 Å². The molecular weight excluding hydrogens is 337 g/mol. The predicted molar refractivity (Wildman–Crippen MR) is 94.6 cm³/mol. The monoisotopic (exact) mass is 361 g/mol. The Morgan fingerprint density at radius 3 is 2.65 bits per heavy atom. The van der Waals surface area contributed by atoms with Crippen LogP contribution in [-0.4, -0.2) is 43.7 Å². The molecule has 6 heteroatoms. The number of para-hydroxylation sites is 1. The molecule has 0 amide bonds. The smallest absolute Gasteiger partial charge is 0.309 e. The van der Waals surface area contributed by atoms with E-state index in [0.717, 1.165) is 44.6 Å². The molecule has 0 spiro atoms. The molecule has 2 rings (SSSR count). The van der Waals surface area contributed by atoms with Gasteiger partial charge in [0.1, 0.15) is 5.75 Å². The summed E-state index contributed by atoms with van der Waals surface area (Å²) in [5.41, 5.74) is 0. The van der Waals surface area contributed by atoms with E-state index in [1.807, 2.05) is 31.2 Å². The molecule has 1 aromatic rings. The van der Waals surface area contributed by atoms with Crippen LogP contribution in [0.4, 0.5) is 0 Å². The van der Waals surface area contributed by atoms with Crippen LogP contribution in [-0.2, 0) is 9.53 Å². The van der Waals surface area contributed by atoms with Crippen molar-refractivity contribution < 1.29 is 14.3 Å². The minimum atomic E-state index is -0.0378. The summed E-state index contributed by atoms with van der Waals surface area (Å²) in [4.78, 5) is 14.1. The highest BCUT2D eigenvalue weighted by molar-refractivity contribution is 6.32. The van der Waals surface area contributed by atoms with E-state index in [-0.39, 0.29) is 24.3 Å². The largest absolute Gasteiger partial charge is 0.492 e. The molecule has 0 N–H and O–H groups in total. The summed E-state index contributed by atoms with van der Waals surface area (Å²) in [7, 11) is 0. The Kier molecular flexibility index (Phi) is 9.37. The molecule has 1 aromatic carbocycles. The van der Waals surface area contributed by atoms with E-state index >= 15 is 0 Å². The molecule has 0 radical (unpaired) electrons. The lowest BCUT2D eigenvalue weighted by Gasteiger charge is -2.30. The molecule has 1 fully saturated rings. The normalized spacial score (nSPS) is 15.7. The summed E-state index contributed by atoms with van der Waals surface area (Å²) in [6.45, 7) is 5.87. The number of benzene rings is 1. The Bertz CT molecular complexity index is 477. The number of ether oxygens (including phenoxy) is 2. The van der Waals surface area contributed by atoms with E-state index in [2.05, 4.69) is 4.90 Å². The van der Waals surface area contributed by atoms with Crippen LogP contribution in [0.2, 0.25) is 5.02 Å². The van der Waals surface area contributed by atoms with Gasteiger partial charge in [-0.05, 0) is 51.4 Å². The van der Waals surface area contributed by atoms with Crippen LogP contribution in [0.1, 0.15) is 26.2 Å². The summed E-state index contributed by atoms with van der Waals surface area (Å²) in [5, 5.41) is 0.651. The Morgan fingerprint density at radius 2 is 2.00 bits per heavy atom. The molecule has 0 saturated carbocycles.